The second kappa shape index (κ2) is 12.3. The molecule has 187 valence electrons. The molecule has 1 aliphatic rings. The Labute approximate surface area is 219 Å². The summed E-state index contributed by atoms with van der Waals surface area (Å²) in [6.45, 7) is 7.82. The van der Waals surface area contributed by atoms with Crippen LogP contribution in [0.1, 0.15) is 34.1 Å². The van der Waals surface area contributed by atoms with Gasteiger partial charge in [0.2, 0.25) is 0 Å². The molecule has 0 fully saturated rings. The number of aliphatic hydroxyl groups excluding tert-OH is 2. The van der Waals surface area contributed by atoms with Gasteiger partial charge in [-0.25, -0.2) is 10.0 Å². The molecule has 1 aliphatic heterocycles. The minimum atomic E-state index is -1.18. The Kier molecular flexibility index (Phi) is 10.3. The van der Waals surface area contributed by atoms with Crippen molar-refractivity contribution < 1.29 is 35.1 Å². The van der Waals surface area contributed by atoms with Gasteiger partial charge in [0.25, 0.3) is 0 Å². The van der Waals surface area contributed by atoms with E-state index < -0.39 is 10.0 Å². The number of ether oxygens (including phenoxy) is 1. The van der Waals surface area contributed by atoms with Gasteiger partial charge in [0.1, 0.15) is 5.75 Å². The number of pyridine rings is 1. The molecule has 6 heteroatoms. The molecule has 0 spiro atoms. The van der Waals surface area contributed by atoms with Crippen molar-refractivity contribution >= 4 is 10.0 Å². The van der Waals surface area contributed by atoms with Gasteiger partial charge in [0, 0.05) is 31.2 Å². The molecule has 0 aliphatic carbocycles. The normalized spacial score (nSPS) is 16.1. The Balaban J connectivity index is 0.000000294. The number of hydrogen-bond acceptors (Lipinski definition) is 4. The summed E-state index contributed by atoms with van der Waals surface area (Å²) >= 11 is 0. The Bertz CT molecular complexity index is 1040. The van der Waals surface area contributed by atoms with E-state index in [1.165, 1.54) is 9.79 Å². The van der Waals surface area contributed by atoms with Crippen molar-refractivity contribution in [3.8, 4) is 22.8 Å². The summed E-state index contributed by atoms with van der Waals surface area (Å²) in [6.07, 6.45) is 6.21. The molecular weight excluding hydrogens is 623 g/mol. The number of hydrogen-bond donors (Lipinski definition) is 2. The SMILES string of the molecule is CC(C)C(O)CC(O)C(C)C.CS1(C)c2ccccc2Oc2cc[c-]c(-c3ccccn3)c21.[Ir]. The van der Waals surface area contributed by atoms with E-state index in [-0.39, 0.29) is 44.1 Å². The molecule has 2 unspecified atom stereocenters. The van der Waals surface area contributed by atoms with E-state index >= 15 is 0 Å². The van der Waals surface area contributed by atoms with Gasteiger partial charge >= 0.3 is 0 Å². The van der Waals surface area contributed by atoms with Crippen molar-refractivity contribution in [1.82, 2.24) is 4.98 Å². The maximum atomic E-state index is 9.39. The Hall–Kier alpha value is -1.69. The van der Waals surface area contributed by atoms with Crippen molar-refractivity contribution in [2.45, 2.75) is 56.1 Å². The molecule has 34 heavy (non-hydrogen) atoms. The molecule has 4 nitrogen and oxygen atoms in total. The summed E-state index contributed by atoms with van der Waals surface area (Å²) in [5, 5.41) is 18.8. The summed E-state index contributed by atoms with van der Waals surface area (Å²) in [7, 11) is -1.18. The molecule has 2 atom stereocenters. The average molecular weight is 659 g/mol. The zero-order valence-corrected chi connectivity index (χ0v) is 24.0. The number of para-hydroxylation sites is 1. The Morgan fingerprint density at radius 3 is 2.09 bits per heavy atom. The zero-order valence-electron chi connectivity index (χ0n) is 20.8. The van der Waals surface area contributed by atoms with Crippen LogP contribution >= 0.6 is 10.0 Å². The third-order valence-electron chi connectivity index (χ3n) is 5.99. The predicted molar refractivity (Wildman–Crippen MR) is 137 cm³/mol. The van der Waals surface area contributed by atoms with E-state index in [0.29, 0.717) is 6.42 Å². The van der Waals surface area contributed by atoms with Crippen LogP contribution in [0.3, 0.4) is 0 Å². The van der Waals surface area contributed by atoms with Crippen LogP contribution in [0.25, 0.3) is 11.3 Å². The average Bonchev–Trinajstić information content (AvgIpc) is 2.79. The molecule has 1 aromatic heterocycles. The second-order valence-corrected chi connectivity index (χ2v) is 13.0. The van der Waals surface area contributed by atoms with Crippen LogP contribution in [0, 0.1) is 17.9 Å². The van der Waals surface area contributed by atoms with E-state index in [9.17, 15) is 10.2 Å². The van der Waals surface area contributed by atoms with E-state index in [1.54, 1.807) is 0 Å². The number of aliphatic hydroxyl groups is 2. The van der Waals surface area contributed by atoms with Crippen LogP contribution in [0.15, 0.2) is 70.6 Å². The topological polar surface area (TPSA) is 62.6 Å². The molecule has 2 N–H and O–H groups in total. The third-order valence-corrected chi connectivity index (χ3v) is 8.85. The first-order valence-electron chi connectivity index (χ1n) is 11.5. The first-order valence-corrected chi connectivity index (χ1v) is 13.9. The van der Waals surface area contributed by atoms with Crippen LogP contribution in [0.5, 0.6) is 11.5 Å². The van der Waals surface area contributed by atoms with E-state index in [4.69, 9.17) is 4.74 Å². The van der Waals surface area contributed by atoms with Gasteiger partial charge in [-0.3, -0.25) is 0 Å². The van der Waals surface area contributed by atoms with Crippen molar-refractivity contribution in [3.05, 3.63) is 66.9 Å². The smallest absolute Gasteiger partial charge is 0.136 e. The summed E-state index contributed by atoms with van der Waals surface area (Å²) < 4.78 is 6.15. The van der Waals surface area contributed by atoms with Crippen LogP contribution < -0.4 is 4.74 Å². The molecule has 3 aromatic rings. The first-order chi connectivity index (χ1) is 15.6. The summed E-state index contributed by atoms with van der Waals surface area (Å²) in [5.74, 6) is 2.37. The van der Waals surface area contributed by atoms with Crippen LogP contribution in [-0.2, 0) is 20.1 Å². The zero-order chi connectivity index (χ0) is 24.2. The van der Waals surface area contributed by atoms with Gasteiger partial charge < -0.3 is 19.9 Å². The first kappa shape index (κ1) is 28.5. The van der Waals surface area contributed by atoms with Gasteiger partial charge in [-0.15, -0.1) is 17.7 Å². The number of fused-ring (bicyclic) bond motifs is 2. The molecule has 2 heterocycles. The summed E-state index contributed by atoms with van der Waals surface area (Å²) in [6, 6.07) is 21.6. The van der Waals surface area contributed by atoms with Crippen LogP contribution in [0.2, 0.25) is 0 Å². The predicted octanol–water partition coefficient (Wildman–Crippen LogP) is 6.54. The maximum absolute atomic E-state index is 9.39. The fourth-order valence-corrected chi connectivity index (χ4v) is 6.27. The standard InChI is InChI=1S/C19H16NOS.C9H20O2.Ir/c1-22(2)18-12-4-3-10-16(18)21-17-11-7-8-14(19(17)22)15-9-5-6-13-20-15;1-6(2)8(10)5-9(11)7(3)4;/h3-7,9-13H,1-2H3;6-11H,5H2,1-4H3;/q-1;;. The van der Waals surface area contributed by atoms with Gasteiger partial charge in [0.05, 0.1) is 18.0 Å². The van der Waals surface area contributed by atoms with E-state index in [2.05, 4.69) is 35.7 Å². The molecule has 0 bridgehead atoms. The number of nitrogens with zero attached hydrogens (tertiary/aromatic N) is 1. The number of rotatable bonds is 5. The molecule has 0 saturated heterocycles. The van der Waals surface area contributed by atoms with Crippen molar-refractivity contribution in [2.24, 2.45) is 11.8 Å². The molecule has 0 amide bonds. The van der Waals surface area contributed by atoms with Gasteiger partial charge in [-0.05, 0) is 59.6 Å². The largest absolute Gasteiger partial charge is 0.475 e. The Morgan fingerprint density at radius 1 is 0.882 bits per heavy atom. The minimum Gasteiger partial charge on any atom is -0.475 e. The van der Waals surface area contributed by atoms with Crippen molar-refractivity contribution in [2.75, 3.05) is 12.5 Å². The molecular formula is C28H36IrNO3S-. The van der Waals surface area contributed by atoms with Crippen LogP contribution in [0.4, 0.5) is 0 Å². The molecule has 2 aromatic carbocycles. The number of benzene rings is 2. The summed E-state index contributed by atoms with van der Waals surface area (Å²) in [4.78, 5) is 7.01. The van der Waals surface area contributed by atoms with Gasteiger partial charge in [0.15, 0.2) is 0 Å². The quantitative estimate of drug-likeness (QED) is 0.306. The molecule has 0 saturated carbocycles. The second-order valence-electron chi connectivity index (χ2n) is 9.50. The van der Waals surface area contributed by atoms with Crippen LogP contribution in [-0.4, -0.2) is 39.9 Å². The Morgan fingerprint density at radius 2 is 1.50 bits per heavy atom. The molecule has 1 radical (unpaired) electrons. The van der Waals surface area contributed by atoms with Crippen molar-refractivity contribution in [1.29, 1.82) is 0 Å². The third kappa shape index (κ3) is 6.50. The van der Waals surface area contributed by atoms with E-state index in [1.807, 2.05) is 76.4 Å². The van der Waals surface area contributed by atoms with Crippen molar-refractivity contribution in [3.63, 3.8) is 0 Å². The van der Waals surface area contributed by atoms with Gasteiger partial charge in [-0.1, -0.05) is 58.0 Å². The maximum Gasteiger partial charge on any atom is 0.136 e. The number of aromatic nitrogens is 1. The van der Waals surface area contributed by atoms with E-state index in [0.717, 1.165) is 22.8 Å². The molecule has 4 rings (SSSR count). The fraction of sp³-hybridized carbons (Fsp3) is 0.393. The summed E-state index contributed by atoms with van der Waals surface area (Å²) in [5.41, 5.74) is 2.00. The monoisotopic (exact) mass is 659 g/mol. The minimum absolute atomic E-state index is 0. The fourth-order valence-electron chi connectivity index (χ4n) is 3.73. The van der Waals surface area contributed by atoms with Gasteiger partial charge in [-0.2, -0.15) is 0 Å².